The zero-order valence-electron chi connectivity index (χ0n) is 19.0. The molecule has 0 aliphatic heterocycles. The van der Waals surface area contributed by atoms with Gasteiger partial charge in [0.2, 0.25) is 5.75 Å². The first-order valence-corrected chi connectivity index (χ1v) is 11.8. The van der Waals surface area contributed by atoms with E-state index in [2.05, 4.69) is 31.0 Å². The Hall–Kier alpha value is -3.31. The topological polar surface area (TPSA) is 109 Å². The number of hydrogen-bond acceptors (Lipinski definition) is 7. The number of rotatable bonds is 8. The fraction of sp³-hybridized carbons (Fsp3) is 0.261. The van der Waals surface area contributed by atoms with Gasteiger partial charge in [-0.15, -0.1) is 0 Å². The summed E-state index contributed by atoms with van der Waals surface area (Å²) in [5.74, 6) is -0.150. The highest BCUT2D eigenvalue weighted by atomic mass is 79.9. The van der Waals surface area contributed by atoms with Crippen molar-refractivity contribution >= 4 is 33.3 Å². The smallest absolute Gasteiger partial charge is 0.406 e. The minimum Gasteiger partial charge on any atom is -0.478 e. The second kappa shape index (κ2) is 10.1. The lowest BCUT2D eigenvalue weighted by Crippen LogP contribution is -2.08. The van der Waals surface area contributed by atoms with E-state index in [9.17, 15) is 14.5 Å². The van der Waals surface area contributed by atoms with Gasteiger partial charge in [-0.3, -0.25) is 4.68 Å². The largest absolute Gasteiger partial charge is 0.478 e. The lowest BCUT2D eigenvalue weighted by Gasteiger charge is -2.18. The Morgan fingerprint density at radius 2 is 2.14 bits per heavy atom. The Balaban J connectivity index is 1.74. The summed E-state index contributed by atoms with van der Waals surface area (Å²) in [7, 11) is 0. The molecular formula is C23H20BrClFN5O4. The number of ether oxygens (including phenoxy) is 1. The highest BCUT2D eigenvalue weighted by Gasteiger charge is 2.25. The van der Waals surface area contributed by atoms with Crippen molar-refractivity contribution in [2.24, 2.45) is 0 Å². The van der Waals surface area contributed by atoms with Gasteiger partial charge in [0.15, 0.2) is 23.0 Å². The zero-order chi connectivity index (χ0) is 25.3. The summed E-state index contributed by atoms with van der Waals surface area (Å²) in [5.41, 5.74) is 2.33. The average Bonchev–Trinajstić information content (AvgIpc) is 3.35. The van der Waals surface area contributed by atoms with Crippen LogP contribution < -0.4 is 4.74 Å². The number of aromatic nitrogens is 4. The quantitative estimate of drug-likeness (QED) is 0.179. The minimum atomic E-state index is -0.791. The van der Waals surface area contributed by atoms with E-state index >= 15 is 0 Å². The molecule has 35 heavy (non-hydrogen) atoms. The number of oxazole rings is 1. The van der Waals surface area contributed by atoms with Gasteiger partial charge in [-0.05, 0) is 57.9 Å². The van der Waals surface area contributed by atoms with Crippen LogP contribution in [0.3, 0.4) is 0 Å². The van der Waals surface area contributed by atoms with E-state index in [1.165, 1.54) is 24.4 Å². The Morgan fingerprint density at radius 3 is 2.83 bits per heavy atom. The molecule has 0 amide bonds. The summed E-state index contributed by atoms with van der Waals surface area (Å²) in [6, 6.07) is 5.62. The molecule has 9 nitrogen and oxygen atoms in total. The molecular weight excluding hydrogens is 545 g/mol. The third-order valence-corrected chi connectivity index (χ3v) is 6.00. The van der Waals surface area contributed by atoms with Crippen molar-refractivity contribution in [3.05, 3.63) is 84.9 Å². The summed E-state index contributed by atoms with van der Waals surface area (Å²) < 4.78 is 28.4. The minimum absolute atomic E-state index is 0.0557. The highest BCUT2D eigenvalue weighted by Crippen LogP contribution is 2.37. The van der Waals surface area contributed by atoms with Crippen molar-refractivity contribution in [3.63, 3.8) is 0 Å². The van der Waals surface area contributed by atoms with Crippen LogP contribution in [-0.4, -0.2) is 24.7 Å². The number of nitro groups is 1. The standard InChI is InChI=1S/C23H20BrClFN5O4/c1-4-30-11-14(22(25)29-30)7-19-21(35-13(3)28-19)17-6-5-16(26)9-18(17)12(2)34-20-8-15(24)10-27-23(20)31(32)33/h5-6,8-12H,4,7H2,1-3H3/t12-/m1/s1. The third-order valence-electron chi connectivity index (χ3n) is 5.24. The highest BCUT2D eigenvalue weighted by molar-refractivity contribution is 9.10. The predicted molar refractivity (Wildman–Crippen MR) is 130 cm³/mol. The van der Waals surface area contributed by atoms with Crippen molar-refractivity contribution in [1.82, 2.24) is 19.7 Å². The Labute approximate surface area is 213 Å². The number of hydrogen-bond donors (Lipinski definition) is 0. The van der Waals surface area contributed by atoms with Crippen LogP contribution in [0.15, 0.2) is 45.5 Å². The molecule has 3 aromatic heterocycles. The molecule has 0 aliphatic carbocycles. The van der Waals surface area contributed by atoms with Crippen LogP contribution in [0.2, 0.25) is 5.15 Å². The number of nitrogens with zero attached hydrogens (tertiary/aromatic N) is 5. The summed E-state index contributed by atoms with van der Waals surface area (Å²) in [6.45, 7) is 5.99. The maximum Gasteiger partial charge on any atom is 0.406 e. The van der Waals surface area contributed by atoms with E-state index in [1.54, 1.807) is 24.6 Å². The van der Waals surface area contributed by atoms with E-state index < -0.39 is 22.7 Å². The van der Waals surface area contributed by atoms with Crippen molar-refractivity contribution in [1.29, 1.82) is 0 Å². The Morgan fingerprint density at radius 1 is 1.37 bits per heavy atom. The molecule has 1 aromatic carbocycles. The van der Waals surface area contributed by atoms with Crippen LogP contribution in [0, 0.1) is 22.9 Å². The van der Waals surface area contributed by atoms with E-state index in [0.29, 0.717) is 51.1 Å². The molecule has 0 spiro atoms. The molecule has 3 heterocycles. The molecule has 0 unspecified atom stereocenters. The summed E-state index contributed by atoms with van der Waals surface area (Å²) >= 11 is 9.54. The Bertz CT molecular complexity index is 1410. The van der Waals surface area contributed by atoms with Crippen molar-refractivity contribution in [3.8, 4) is 17.1 Å². The van der Waals surface area contributed by atoms with Gasteiger partial charge in [0.1, 0.15) is 11.9 Å². The van der Waals surface area contributed by atoms with Crippen LogP contribution in [0.4, 0.5) is 10.2 Å². The fourth-order valence-corrected chi connectivity index (χ4v) is 4.19. The molecule has 4 rings (SSSR count). The average molecular weight is 565 g/mol. The van der Waals surface area contributed by atoms with Crippen LogP contribution in [0.5, 0.6) is 5.75 Å². The summed E-state index contributed by atoms with van der Waals surface area (Å²) in [5, 5.41) is 16.0. The van der Waals surface area contributed by atoms with E-state index in [1.807, 2.05) is 13.1 Å². The number of halogens is 3. The van der Waals surface area contributed by atoms with Gasteiger partial charge < -0.3 is 19.3 Å². The molecule has 0 saturated heterocycles. The van der Waals surface area contributed by atoms with Gasteiger partial charge in [-0.25, -0.2) is 9.37 Å². The molecule has 182 valence electrons. The lowest BCUT2D eigenvalue weighted by molar-refractivity contribution is -0.390. The number of pyridine rings is 1. The molecule has 12 heteroatoms. The maximum absolute atomic E-state index is 14.3. The van der Waals surface area contributed by atoms with E-state index in [-0.39, 0.29) is 5.75 Å². The summed E-state index contributed by atoms with van der Waals surface area (Å²) in [6.07, 6.45) is 2.70. The SMILES string of the molecule is CCn1cc(Cc2nc(C)oc2-c2ccc(F)cc2[C@@H](C)Oc2cc(Br)cnc2[N+](=O)[O-])c(Cl)n1. The van der Waals surface area contributed by atoms with E-state index in [4.69, 9.17) is 20.8 Å². The number of aryl methyl sites for hydroxylation is 2. The van der Waals surface area contributed by atoms with Crippen molar-refractivity contribution < 1.29 is 18.5 Å². The van der Waals surface area contributed by atoms with Crippen LogP contribution in [0.25, 0.3) is 11.3 Å². The normalized spacial score (nSPS) is 12.1. The van der Waals surface area contributed by atoms with Crippen LogP contribution in [0.1, 0.15) is 42.7 Å². The van der Waals surface area contributed by atoms with E-state index in [0.717, 1.165) is 5.56 Å². The first-order valence-electron chi connectivity index (χ1n) is 10.6. The molecule has 0 bridgehead atoms. The lowest BCUT2D eigenvalue weighted by atomic mass is 9.98. The second-order valence-electron chi connectivity index (χ2n) is 7.71. The molecule has 0 N–H and O–H groups in total. The maximum atomic E-state index is 14.3. The van der Waals surface area contributed by atoms with Crippen molar-refractivity contribution in [2.45, 2.75) is 39.8 Å². The van der Waals surface area contributed by atoms with Crippen LogP contribution in [-0.2, 0) is 13.0 Å². The first kappa shape index (κ1) is 24.8. The molecule has 0 saturated carbocycles. The monoisotopic (exact) mass is 563 g/mol. The Kier molecular flexibility index (Phi) is 7.18. The van der Waals surface area contributed by atoms with Gasteiger partial charge in [0, 0.05) is 48.8 Å². The third kappa shape index (κ3) is 5.35. The van der Waals surface area contributed by atoms with Gasteiger partial charge >= 0.3 is 5.82 Å². The number of benzene rings is 1. The zero-order valence-corrected chi connectivity index (χ0v) is 21.3. The summed E-state index contributed by atoms with van der Waals surface area (Å²) in [4.78, 5) is 19.1. The predicted octanol–water partition coefficient (Wildman–Crippen LogP) is 6.46. The van der Waals surface area contributed by atoms with Gasteiger partial charge in [0.25, 0.3) is 0 Å². The van der Waals surface area contributed by atoms with Crippen LogP contribution >= 0.6 is 27.5 Å². The fourth-order valence-electron chi connectivity index (χ4n) is 3.67. The molecule has 0 radical (unpaired) electrons. The van der Waals surface area contributed by atoms with Crippen molar-refractivity contribution in [2.75, 3.05) is 0 Å². The first-order chi connectivity index (χ1) is 16.7. The van der Waals surface area contributed by atoms with Gasteiger partial charge in [0.05, 0.1) is 10.2 Å². The molecule has 4 aromatic rings. The van der Waals surface area contributed by atoms with Gasteiger partial charge in [-0.1, -0.05) is 11.6 Å². The van der Waals surface area contributed by atoms with Gasteiger partial charge in [-0.2, -0.15) is 5.10 Å². The molecule has 0 aliphatic rings. The molecule has 0 fully saturated rings. The second-order valence-corrected chi connectivity index (χ2v) is 8.98. The molecule has 1 atom stereocenters.